The molecule has 304 valence electrons. The summed E-state index contributed by atoms with van der Waals surface area (Å²) in [6.45, 7) is 4.80. The average molecular weight is 810 g/mol. The molecule has 15 rings (SSSR count). The van der Waals surface area contributed by atoms with Crippen molar-refractivity contribution in [3.63, 3.8) is 0 Å². The van der Waals surface area contributed by atoms with Crippen LogP contribution in [0.5, 0.6) is 0 Å². The molecule has 8 aromatic carbocycles. The van der Waals surface area contributed by atoms with Crippen molar-refractivity contribution in [2.45, 2.75) is 68.6 Å². The topological polar surface area (TPSA) is 3.24 Å². The van der Waals surface area contributed by atoms with Crippen LogP contribution in [-0.4, -0.2) is 0 Å². The fraction of sp³-hybridized carbons (Fsp3) is 0.226. The molecular weight excluding hydrogens is 759 g/mol. The minimum atomic E-state index is -0.422. The summed E-state index contributed by atoms with van der Waals surface area (Å²) in [5.41, 5.74) is 23.8. The maximum absolute atomic E-state index is 2.57. The van der Waals surface area contributed by atoms with E-state index in [0.29, 0.717) is 5.41 Å². The number of nitrogens with zero attached hydrogens (tertiary/aromatic N) is 1. The van der Waals surface area contributed by atoms with E-state index < -0.39 is 5.41 Å². The number of rotatable bonds is 5. The van der Waals surface area contributed by atoms with Gasteiger partial charge in [0.25, 0.3) is 0 Å². The van der Waals surface area contributed by atoms with E-state index in [9.17, 15) is 0 Å². The van der Waals surface area contributed by atoms with Crippen molar-refractivity contribution in [2.24, 2.45) is 17.8 Å². The van der Waals surface area contributed by atoms with E-state index in [2.05, 4.69) is 201 Å². The Hall–Kier alpha value is -6.44. The number of benzene rings is 8. The highest BCUT2D eigenvalue weighted by Crippen LogP contribution is 2.64. The Morgan fingerprint density at radius 3 is 1.33 bits per heavy atom. The summed E-state index contributed by atoms with van der Waals surface area (Å²) in [5, 5.41) is 0. The Morgan fingerprint density at radius 1 is 0.381 bits per heavy atom. The first-order valence-corrected chi connectivity index (χ1v) is 23.6. The van der Waals surface area contributed by atoms with Crippen LogP contribution >= 0.6 is 0 Å². The molecule has 0 saturated heterocycles. The first kappa shape index (κ1) is 36.1. The number of anilines is 3. The van der Waals surface area contributed by atoms with Gasteiger partial charge in [-0.3, -0.25) is 0 Å². The molecule has 8 aromatic rings. The molecule has 1 spiro atoms. The van der Waals surface area contributed by atoms with Crippen LogP contribution in [0.1, 0.15) is 91.3 Å². The molecule has 4 saturated carbocycles. The second-order valence-electron chi connectivity index (χ2n) is 20.6. The van der Waals surface area contributed by atoms with E-state index in [0.717, 1.165) is 17.8 Å². The molecule has 0 amide bonds. The zero-order valence-electron chi connectivity index (χ0n) is 36.2. The van der Waals surface area contributed by atoms with E-state index in [1.807, 2.05) is 0 Å². The molecule has 1 heteroatoms. The van der Waals surface area contributed by atoms with Gasteiger partial charge in [0.2, 0.25) is 0 Å². The van der Waals surface area contributed by atoms with Crippen molar-refractivity contribution in [2.75, 3.05) is 4.90 Å². The molecule has 7 aliphatic rings. The third-order valence-electron chi connectivity index (χ3n) is 17.1. The molecule has 4 bridgehead atoms. The number of hydrogen-bond acceptors (Lipinski definition) is 1. The lowest BCUT2D eigenvalue weighted by atomic mass is 9.48. The standard InChI is InChI=1S/C62H51N/c1-60(2)53-18-8-3-14-47(53)51-29-27-44(34-57(51)60)63(59-22-12-7-13-46(59)42-23-25-43(26-24-42)61-36-39-31-40(37-61)33-41(32-39)38-61)45-28-30-52-50-17-6-11-21-56(50)62(58(52)35-45)54-19-9-4-15-48(54)49-16-5-10-20-55(49)62/h3-30,34-35,39-41H,31-33,36-38H2,1-2H3. The summed E-state index contributed by atoms with van der Waals surface area (Å²) < 4.78 is 0. The van der Waals surface area contributed by atoms with Gasteiger partial charge in [0.05, 0.1) is 11.1 Å². The first-order chi connectivity index (χ1) is 30.9. The lowest BCUT2D eigenvalue weighted by molar-refractivity contribution is -0.00518. The Bertz CT molecular complexity index is 3100. The molecule has 0 atom stereocenters. The largest absolute Gasteiger partial charge is 0.310 e. The highest BCUT2D eigenvalue weighted by atomic mass is 15.1. The fourth-order valence-corrected chi connectivity index (χ4v) is 14.9. The summed E-state index contributed by atoms with van der Waals surface area (Å²) >= 11 is 0. The molecule has 0 aromatic heterocycles. The Labute approximate surface area is 372 Å². The highest BCUT2D eigenvalue weighted by molar-refractivity contribution is 5.97. The van der Waals surface area contributed by atoms with Crippen LogP contribution in [0.2, 0.25) is 0 Å². The lowest BCUT2D eigenvalue weighted by Gasteiger charge is -2.57. The summed E-state index contributed by atoms with van der Waals surface area (Å²) in [7, 11) is 0. The molecule has 0 N–H and O–H groups in total. The lowest BCUT2D eigenvalue weighted by Crippen LogP contribution is -2.48. The van der Waals surface area contributed by atoms with Gasteiger partial charge in [0, 0.05) is 22.4 Å². The molecule has 63 heavy (non-hydrogen) atoms. The van der Waals surface area contributed by atoms with Gasteiger partial charge in [-0.15, -0.1) is 0 Å². The zero-order chi connectivity index (χ0) is 41.7. The van der Waals surface area contributed by atoms with Crippen molar-refractivity contribution >= 4 is 17.1 Å². The third-order valence-corrected chi connectivity index (χ3v) is 17.1. The predicted octanol–water partition coefficient (Wildman–Crippen LogP) is 15.9. The van der Waals surface area contributed by atoms with Crippen LogP contribution in [0.25, 0.3) is 44.5 Å². The van der Waals surface area contributed by atoms with Gasteiger partial charge in [0.1, 0.15) is 0 Å². The molecule has 7 aliphatic carbocycles. The van der Waals surface area contributed by atoms with Crippen LogP contribution in [0.15, 0.2) is 182 Å². The van der Waals surface area contributed by atoms with Gasteiger partial charge in [-0.25, -0.2) is 0 Å². The maximum atomic E-state index is 2.57. The van der Waals surface area contributed by atoms with E-state index in [-0.39, 0.29) is 5.41 Å². The third kappa shape index (κ3) is 4.84. The molecule has 0 radical (unpaired) electrons. The van der Waals surface area contributed by atoms with E-state index in [4.69, 9.17) is 0 Å². The Kier molecular flexibility index (Phi) is 7.35. The molecule has 1 nitrogen and oxygen atoms in total. The average Bonchev–Trinajstić information content (AvgIpc) is 3.87. The summed E-state index contributed by atoms with van der Waals surface area (Å²) in [6, 6.07) is 70.2. The normalized spacial score (nSPS) is 22.9. The van der Waals surface area contributed by atoms with Crippen LogP contribution in [0.3, 0.4) is 0 Å². The van der Waals surface area contributed by atoms with Crippen LogP contribution < -0.4 is 4.90 Å². The van der Waals surface area contributed by atoms with Gasteiger partial charge >= 0.3 is 0 Å². The summed E-state index contributed by atoms with van der Waals surface area (Å²) in [6.07, 6.45) is 8.59. The van der Waals surface area contributed by atoms with Crippen molar-refractivity contribution in [1.82, 2.24) is 0 Å². The van der Waals surface area contributed by atoms with Gasteiger partial charge in [-0.05, 0) is 170 Å². The van der Waals surface area contributed by atoms with Gasteiger partial charge < -0.3 is 4.90 Å². The van der Waals surface area contributed by atoms with Gasteiger partial charge in [-0.2, -0.15) is 0 Å². The minimum absolute atomic E-state index is 0.124. The molecule has 0 unspecified atom stereocenters. The Balaban J connectivity index is 0.975. The summed E-state index contributed by atoms with van der Waals surface area (Å²) in [4.78, 5) is 2.57. The molecule has 4 fully saturated rings. The quantitative estimate of drug-likeness (QED) is 0.167. The predicted molar refractivity (Wildman–Crippen MR) is 260 cm³/mol. The Morgan fingerprint density at radius 2 is 0.794 bits per heavy atom. The van der Waals surface area contributed by atoms with Crippen molar-refractivity contribution in [1.29, 1.82) is 0 Å². The zero-order valence-corrected chi connectivity index (χ0v) is 36.2. The van der Waals surface area contributed by atoms with Crippen LogP contribution in [0, 0.1) is 17.8 Å². The molecular formula is C62H51N. The molecule has 0 heterocycles. The van der Waals surface area contributed by atoms with Gasteiger partial charge in [-0.1, -0.05) is 166 Å². The first-order valence-electron chi connectivity index (χ1n) is 23.6. The van der Waals surface area contributed by atoms with Crippen molar-refractivity contribution in [3.8, 4) is 44.5 Å². The smallest absolute Gasteiger partial charge is 0.0726 e. The SMILES string of the molecule is CC1(C)c2ccccc2-c2ccc(N(c3ccc4c(c3)C3(c5ccccc5-c5ccccc53)c3ccccc3-4)c3ccccc3-c3ccc(C45CC6CC(CC(C6)C4)C5)cc3)cc21. The van der Waals surface area contributed by atoms with E-state index >= 15 is 0 Å². The number of hydrogen-bond donors (Lipinski definition) is 0. The van der Waals surface area contributed by atoms with Crippen molar-refractivity contribution in [3.05, 3.63) is 221 Å². The summed E-state index contributed by atoms with van der Waals surface area (Å²) in [5.74, 6) is 2.79. The monoisotopic (exact) mass is 809 g/mol. The fourth-order valence-electron chi connectivity index (χ4n) is 14.9. The van der Waals surface area contributed by atoms with Crippen molar-refractivity contribution < 1.29 is 0 Å². The van der Waals surface area contributed by atoms with Gasteiger partial charge in [0.15, 0.2) is 0 Å². The van der Waals surface area contributed by atoms with E-state index in [1.54, 1.807) is 5.56 Å². The second kappa shape index (κ2) is 12.8. The van der Waals surface area contributed by atoms with E-state index in [1.165, 1.54) is 133 Å². The van der Waals surface area contributed by atoms with Crippen LogP contribution in [0.4, 0.5) is 17.1 Å². The maximum Gasteiger partial charge on any atom is 0.0726 e. The van der Waals surface area contributed by atoms with Crippen LogP contribution in [-0.2, 0) is 16.2 Å². The molecule has 0 aliphatic heterocycles. The second-order valence-corrected chi connectivity index (χ2v) is 20.6. The highest BCUT2D eigenvalue weighted by Gasteiger charge is 2.53. The minimum Gasteiger partial charge on any atom is -0.310 e. The number of para-hydroxylation sites is 1. The number of fused-ring (bicyclic) bond motifs is 13.